The molecule has 2 heterocycles. The maximum Gasteiger partial charge on any atom is 0.262 e. The minimum absolute atomic E-state index is 0.354. The molecule has 6 heteroatoms. The molecule has 1 unspecified atom stereocenters. The number of alkyl halides is 2. The maximum absolute atomic E-state index is 13.2. The number of rotatable bonds is 5. The Balaban J connectivity index is 1.49. The summed E-state index contributed by atoms with van der Waals surface area (Å²) in [7, 11) is 0. The van der Waals surface area contributed by atoms with E-state index in [2.05, 4.69) is 34.6 Å². The van der Waals surface area contributed by atoms with Gasteiger partial charge in [-0.3, -0.25) is 15.0 Å². The van der Waals surface area contributed by atoms with E-state index < -0.39 is 24.9 Å². The summed E-state index contributed by atoms with van der Waals surface area (Å²) in [5, 5.41) is 5.35. The van der Waals surface area contributed by atoms with Gasteiger partial charge in [0, 0.05) is 19.5 Å². The molecule has 2 N–H and O–H groups in total. The van der Waals surface area contributed by atoms with Crippen LogP contribution in [0.5, 0.6) is 0 Å². The Labute approximate surface area is 148 Å². The van der Waals surface area contributed by atoms with Crippen molar-refractivity contribution >= 4 is 5.91 Å². The lowest BCUT2D eigenvalue weighted by Gasteiger charge is -2.30. The number of likely N-dealkylation sites (tertiary alicyclic amines) is 1. The number of carbonyl (C=O) groups is 1. The van der Waals surface area contributed by atoms with Crippen LogP contribution in [0.15, 0.2) is 24.3 Å². The smallest absolute Gasteiger partial charge is 0.262 e. The van der Waals surface area contributed by atoms with Gasteiger partial charge in [0.25, 0.3) is 5.92 Å². The zero-order valence-electron chi connectivity index (χ0n) is 14.7. The van der Waals surface area contributed by atoms with Gasteiger partial charge in [0.1, 0.15) is 0 Å². The van der Waals surface area contributed by atoms with Gasteiger partial charge in [-0.1, -0.05) is 31.2 Å². The van der Waals surface area contributed by atoms with Crippen molar-refractivity contribution in [1.29, 1.82) is 0 Å². The Hall–Kier alpha value is -1.53. The van der Waals surface area contributed by atoms with Gasteiger partial charge in [-0.15, -0.1) is 0 Å². The molecule has 0 spiro atoms. The van der Waals surface area contributed by atoms with Crippen LogP contribution in [0.25, 0.3) is 0 Å². The quantitative estimate of drug-likeness (QED) is 0.857. The van der Waals surface area contributed by atoms with Gasteiger partial charge in [-0.25, -0.2) is 8.78 Å². The molecule has 138 valence electrons. The molecular formula is C19H27F2N3O. The van der Waals surface area contributed by atoms with Crippen LogP contribution in [0, 0.1) is 5.92 Å². The summed E-state index contributed by atoms with van der Waals surface area (Å²) in [6, 6.07) is 7.34. The van der Waals surface area contributed by atoms with Crippen molar-refractivity contribution in [1.82, 2.24) is 15.5 Å². The summed E-state index contributed by atoms with van der Waals surface area (Å²) in [6.07, 6.45) is 2.07. The number of piperidine rings is 1. The largest absolute Gasteiger partial charge is 0.351 e. The summed E-state index contributed by atoms with van der Waals surface area (Å²) < 4.78 is 26.3. The molecule has 1 aromatic carbocycles. The topological polar surface area (TPSA) is 44.4 Å². The van der Waals surface area contributed by atoms with E-state index in [0.717, 1.165) is 31.1 Å². The highest BCUT2D eigenvalue weighted by atomic mass is 19.3. The Morgan fingerprint density at radius 3 is 2.72 bits per heavy atom. The fourth-order valence-corrected chi connectivity index (χ4v) is 3.53. The molecular weight excluding hydrogens is 324 g/mol. The predicted octanol–water partition coefficient (Wildman–Crippen LogP) is 2.53. The first-order valence-electron chi connectivity index (χ1n) is 9.10. The summed E-state index contributed by atoms with van der Waals surface area (Å²) in [4.78, 5) is 14.5. The van der Waals surface area contributed by atoms with Crippen molar-refractivity contribution in [2.75, 3.05) is 19.6 Å². The molecule has 0 aromatic heterocycles. The maximum atomic E-state index is 13.2. The molecule has 3 rings (SSSR count). The Morgan fingerprint density at radius 1 is 1.32 bits per heavy atom. The lowest BCUT2D eigenvalue weighted by molar-refractivity contribution is -0.123. The van der Waals surface area contributed by atoms with Crippen LogP contribution in [0.3, 0.4) is 0 Å². The van der Waals surface area contributed by atoms with E-state index in [1.54, 1.807) is 0 Å². The molecule has 25 heavy (non-hydrogen) atoms. The van der Waals surface area contributed by atoms with Gasteiger partial charge in [0.15, 0.2) is 0 Å². The third-order valence-electron chi connectivity index (χ3n) is 5.17. The lowest BCUT2D eigenvalue weighted by Crippen LogP contribution is -2.40. The number of nitrogens with zero attached hydrogens (tertiary/aromatic N) is 1. The second-order valence-electron chi connectivity index (χ2n) is 7.49. The molecule has 0 aliphatic carbocycles. The highest BCUT2D eigenvalue weighted by Crippen LogP contribution is 2.25. The van der Waals surface area contributed by atoms with Gasteiger partial charge < -0.3 is 5.32 Å². The van der Waals surface area contributed by atoms with Crippen LogP contribution in [0.2, 0.25) is 0 Å². The van der Waals surface area contributed by atoms with Crippen LogP contribution in [-0.4, -0.2) is 42.4 Å². The first-order chi connectivity index (χ1) is 11.9. The zero-order chi connectivity index (χ0) is 17.9. The first-order valence-corrected chi connectivity index (χ1v) is 9.10. The molecule has 2 fully saturated rings. The van der Waals surface area contributed by atoms with Gasteiger partial charge in [0.05, 0.1) is 12.6 Å². The molecule has 1 atom stereocenters. The van der Waals surface area contributed by atoms with E-state index in [4.69, 9.17) is 0 Å². The van der Waals surface area contributed by atoms with E-state index in [0.29, 0.717) is 6.54 Å². The Kier molecular flexibility index (Phi) is 5.69. The van der Waals surface area contributed by atoms with E-state index in [-0.39, 0.29) is 5.91 Å². The number of hydrogen-bond donors (Lipinski definition) is 2. The fraction of sp³-hybridized carbons (Fsp3) is 0.632. The molecule has 0 radical (unpaired) electrons. The zero-order valence-corrected chi connectivity index (χ0v) is 14.7. The molecule has 2 aliphatic rings. The first kappa shape index (κ1) is 18.3. The summed E-state index contributed by atoms with van der Waals surface area (Å²) in [6.45, 7) is 5.43. The average molecular weight is 351 g/mol. The minimum Gasteiger partial charge on any atom is -0.351 e. The molecule has 2 aliphatic heterocycles. The minimum atomic E-state index is -2.78. The number of nitrogens with one attached hydrogen (secondary N) is 2. The van der Waals surface area contributed by atoms with Gasteiger partial charge in [-0.05, 0) is 43.0 Å². The molecule has 4 nitrogen and oxygen atoms in total. The highest BCUT2D eigenvalue weighted by Gasteiger charge is 2.42. The number of carbonyl (C=O) groups excluding carboxylic acids is 1. The number of hydrogen-bond acceptors (Lipinski definition) is 3. The van der Waals surface area contributed by atoms with Crippen molar-refractivity contribution in [2.24, 2.45) is 5.92 Å². The summed E-state index contributed by atoms with van der Waals surface area (Å²) in [5.41, 5.74) is 2.23. The highest BCUT2D eigenvalue weighted by molar-refractivity contribution is 5.82. The Bertz CT molecular complexity index is 600. The van der Waals surface area contributed by atoms with E-state index >= 15 is 0 Å². The molecule has 0 bridgehead atoms. The van der Waals surface area contributed by atoms with Crippen LogP contribution in [-0.2, 0) is 17.9 Å². The fourth-order valence-electron chi connectivity index (χ4n) is 3.53. The number of amides is 1. The monoisotopic (exact) mass is 351 g/mol. The molecule has 1 aromatic rings. The van der Waals surface area contributed by atoms with E-state index in [9.17, 15) is 13.6 Å². The van der Waals surface area contributed by atoms with Crippen molar-refractivity contribution < 1.29 is 13.6 Å². The number of benzene rings is 1. The molecule has 2 saturated heterocycles. The van der Waals surface area contributed by atoms with Gasteiger partial charge in [0.2, 0.25) is 5.91 Å². The predicted molar refractivity (Wildman–Crippen MR) is 93.3 cm³/mol. The summed E-state index contributed by atoms with van der Waals surface area (Å²) in [5.74, 6) is -2.32. The second kappa shape index (κ2) is 7.79. The lowest BCUT2D eigenvalue weighted by atomic mass is 9.98. The van der Waals surface area contributed by atoms with Crippen molar-refractivity contribution in [2.45, 2.75) is 51.2 Å². The van der Waals surface area contributed by atoms with Crippen molar-refractivity contribution in [3.8, 4) is 0 Å². The van der Waals surface area contributed by atoms with E-state index in [1.807, 2.05) is 12.1 Å². The standard InChI is InChI=1S/C19H27F2N3O/c1-14-5-7-24(8-6-14)12-16-4-2-3-15(9-16)11-22-18(25)17-10-19(20,21)13-23-17/h2-4,9,14,17,23H,5-8,10-13H2,1H3,(H,22,25). The third kappa shape index (κ3) is 5.22. The van der Waals surface area contributed by atoms with Crippen molar-refractivity contribution in [3.05, 3.63) is 35.4 Å². The molecule has 1 amide bonds. The molecule has 0 saturated carbocycles. The van der Waals surface area contributed by atoms with Gasteiger partial charge >= 0.3 is 0 Å². The van der Waals surface area contributed by atoms with Crippen LogP contribution in [0.1, 0.15) is 37.3 Å². The SMILES string of the molecule is CC1CCN(Cc2cccc(CNC(=O)C3CC(F)(F)CN3)c2)CC1. The van der Waals surface area contributed by atoms with Crippen molar-refractivity contribution in [3.63, 3.8) is 0 Å². The van der Waals surface area contributed by atoms with Crippen LogP contribution < -0.4 is 10.6 Å². The second-order valence-corrected chi connectivity index (χ2v) is 7.49. The summed E-state index contributed by atoms with van der Waals surface area (Å²) >= 11 is 0. The normalized spacial score (nSPS) is 24.4. The Morgan fingerprint density at radius 2 is 2.04 bits per heavy atom. The number of halogens is 2. The van der Waals surface area contributed by atoms with Gasteiger partial charge in [-0.2, -0.15) is 0 Å². The third-order valence-corrected chi connectivity index (χ3v) is 5.17. The van der Waals surface area contributed by atoms with Crippen LogP contribution >= 0.6 is 0 Å². The average Bonchev–Trinajstić information content (AvgIpc) is 2.95. The van der Waals surface area contributed by atoms with Crippen LogP contribution in [0.4, 0.5) is 8.78 Å². The van der Waals surface area contributed by atoms with E-state index in [1.165, 1.54) is 18.4 Å².